The summed E-state index contributed by atoms with van der Waals surface area (Å²) in [5.41, 5.74) is 10.6. The van der Waals surface area contributed by atoms with Crippen molar-refractivity contribution in [3.05, 3.63) is 90.3 Å². The average Bonchev–Trinajstić information content (AvgIpc) is 3.82. The standard InChI is InChI=1S/C48H54N10O5/c49-44-42-43(32-10-13-37(14-11-32)63-36-8-2-1-3-9-36)53-58(45(42)51-30-50-44)35-7-5-23-56(29-35)33-20-24-54(25-21-33)22-4-6-31-18-26-55(27-19-31)34-12-15-38-39(28-34)48(62)57(47(38)61)40-16-17-41(59)52-46(40)60/h1-3,8-15,28,30-31,33,35,40H,4-7,16-27,29H2,(H2,49,50,51)(H,52,59,60). The third-order valence-electron chi connectivity index (χ3n) is 14.0. The fraction of sp³-hybridized carbons (Fsp3) is 0.438. The van der Waals surface area contributed by atoms with E-state index in [-0.39, 0.29) is 24.8 Å². The highest BCUT2D eigenvalue weighted by atomic mass is 16.5. The van der Waals surface area contributed by atoms with Crippen molar-refractivity contribution >= 4 is 46.2 Å². The van der Waals surface area contributed by atoms with Crippen molar-refractivity contribution in [2.75, 3.05) is 56.4 Å². The van der Waals surface area contributed by atoms with Gasteiger partial charge in [-0.15, -0.1) is 0 Å². The van der Waals surface area contributed by atoms with Gasteiger partial charge in [-0.2, -0.15) is 5.10 Å². The Kier molecular flexibility index (Phi) is 11.4. The lowest BCUT2D eigenvalue weighted by atomic mass is 9.91. The quantitative estimate of drug-likeness (QED) is 0.147. The number of rotatable bonds is 11. The molecule has 7 heterocycles. The van der Waals surface area contributed by atoms with Crippen LogP contribution in [0.5, 0.6) is 11.5 Å². The first-order valence-electron chi connectivity index (χ1n) is 22.7. The van der Waals surface area contributed by atoms with Crippen LogP contribution in [0.3, 0.4) is 0 Å². The van der Waals surface area contributed by atoms with E-state index in [1.165, 1.54) is 25.7 Å². The third kappa shape index (κ3) is 8.27. The predicted molar refractivity (Wildman–Crippen MR) is 238 cm³/mol. The zero-order valence-corrected chi connectivity index (χ0v) is 35.5. The van der Waals surface area contributed by atoms with Crippen molar-refractivity contribution in [1.82, 2.24) is 39.8 Å². The summed E-state index contributed by atoms with van der Waals surface area (Å²) in [6.45, 7) is 7.21. The van der Waals surface area contributed by atoms with Gasteiger partial charge in [0.25, 0.3) is 11.8 Å². The number of likely N-dealkylation sites (tertiary alicyclic amines) is 2. The number of nitrogens with two attached hydrogens (primary N) is 1. The molecule has 0 radical (unpaired) electrons. The molecule has 10 rings (SSSR count). The van der Waals surface area contributed by atoms with Crippen molar-refractivity contribution in [2.24, 2.45) is 5.92 Å². The number of fused-ring (bicyclic) bond motifs is 2. The summed E-state index contributed by atoms with van der Waals surface area (Å²) in [6, 6.07) is 22.9. The number of carbonyl (C=O) groups is 4. The van der Waals surface area contributed by atoms with E-state index in [1.54, 1.807) is 18.5 Å². The van der Waals surface area contributed by atoms with Gasteiger partial charge in [0, 0.05) is 43.3 Å². The number of benzene rings is 3. The largest absolute Gasteiger partial charge is 0.457 e. The molecule has 2 unspecified atom stereocenters. The topological polar surface area (TPSA) is 172 Å². The van der Waals surface area contributed by atoms with E-state index < -0.39 is 23.8 Å². The Morgan fingerprint density at radius 1 is 0.762 bits per heavy atom. The van der Waals surface area contributed by atoms with Gasteiger partial charge in [0.05, 0.1) is 22.6 Å². The lowest BCUT2D eigenvalue weighted by Crippen LogP contribution is -2.54. The number of nitrogens with one attached hydrogen (secondary N) is 1. The maximum atomic E-state index is 13.4. The number of hydrogen-bond donors (Lipinski definition) is 2. The number of aromatic nitrogens is 4. The Labute approximate surface area is 366 Å². The van der Waals surface area contributed by atoms with Crippen molar-refractivity contribution in [1.29, 1.82) is 0 Å². The summed E-state index contributed by atoms with van der Waals surface area (Å²) >= 11 is 0. The summed E-state index contributed by atoms with van der Waals surface area (Å²) in [5.74, 6) is 0.744. The Morgan fingerprint density at radius 2 is 1.52 bits per heavy atom. The van der Waals surface area contributed by atoms with Crippen LogP contribution >= 0.6 is 0 Å². The zero-order chi connectivity index (χ0) is 43.0. The minimum Gasteiger partial charge on any atom is -0.457 e. The van der Waals surface area contributed by atoms with Crippen LogP contribution in [-0.4, -0.2) is 116 Å². The minimum absolute atomic E-state index is 0.106. The van der Waals surface area contributed by atoms with Crippen LogP contribution in [0.1, 0.15) is 91.0 Å². The van der Waals surface area contributed by atoms with Gasteiger partial charge >= 0.3 is 0 Å². The van der Waals surface area contributed by atoms with Crippen LogP contribution in [0.4, 0.5) is 11.5 Å². The van der Waals surface area contributed by atoms with Gasteiger partial charge in [0.1, 0.15) is 35.4 Å². The number of para-hydroxylation sites is 1. The second kappa shape index (κ2) is 17.5. The van der Waals surface area contributed by atoms with Crippen molar-refractivity contribution in [2.45, 2.75) is 82.3 Å². The molecule has 63 heavy (non-hydrogen) atoms. The lowest BCUT2D eigenvalue weighted by molar-refractivity contribution is -0.136. The zero-order valence-electron chi connectivity index (χ0n) is 35.5. The number of amides is 4. The highest BCUT2D eigenvalue weighted by Gasteiger charge is 2.45. The van der Waals surface area contributed by atoms with Gasteiger partial charge in [-0.1, -0.05) is 18.2 Å². The Hall–Kier alpha value is -6.19. The summed E-state index contributed by atoms with van der Waals surface area (Å²) in [7, 11) is 0. The van der Waals surface area contributed by atoms with E-state index >= 15 is 0 Å². The molecule has 4 fully saturated rings. The highest BCUT2D eigenvalue weighted by molar-refractivity contribution is 6.23. The average molecular weight is 851 g/mol. The molecular formula is C48H54N10O5. The van der Waals surface area contributed by atoms with Crippen LogP contribution in [0.2, 0.25) is 0 Å². The Bertz CT molecular complexity index is 2510. The van der Waals surface area contributed by atoms with Crippen LogP contribution in [0, 0.1) is 5.92 Å². The van der Waals surface area contributed by atoms with E-state index in [2.05, 4.69) is 29.7 Å². The highest BCUT2D eigenvalue weighted by Crippen LogP contribution is 2.37. The van der Waals surface area contributed by atoms with E-state index in [0.29, 0.717) is 28.9 Å². The van der Waals surface area contributed by atoms with E-state index in [0.717, 1.165) is 116 Å². The molecule has 4 amide bonds. The normalized spacial score (nSPS) is 21.9. The van der Waals surface area contributed by atoms with E-state index in [4.69, 9.17) is 20.6 Å². The summed E-state index contributed by atoms with van der Waals surface area (Å²) in [5, 5.41) is 8.25. The van der Waals surface area contributed by atoms with Gasteiger partial charge in [-0.05, 0) is 144 Å². The molecule has 0 spiro atoms. The fourth-order valence-electron chi connectivity index (χ4n) is 10.5. The van der Waals surface area contributed by atoms with Gasteiger partial charge in [-0.25, -0.2) is 14.6 Å². The monoisotopic (exact) mass is 850 g/mol. The van der Waals surface area contributed by atoms with Gasteiger partial charge in [-0.3, -0.25) is 34.3 Å². The predicted octanol–water partition coefficient (Wildman–Crippen LogP) is 6.07. The number of nitrogen functional groups attached to an aromatic ring is 1. The molecule has 2 atom stereocenters. The van der Waals surface area contributed by atoms with Crippen molar-refractivity contribution in [3.8, 4) is 22.8 Å². The van der Waals surface area contributed by atoms with E-state index in [9.17, 15) is 19.2 Å². The van der Waals surface area contributed by atoms with Crippen molar-refractivity contribution < 1.29 is 23.9 Å². The maximum absolute atomic E-state index is 13.4. The van der Waals surface area contributed by atoms with Gasteiger partial charge in [0.15, 0.2) is 5.65 Å². The van der Waals surface area contributed by atoms with E-state index in [1.807, 2.05) is 60.7 Å². The maximum Gasteiger partial charge on any atom is 0.262 e. The molecule has 15 nitrogen and oxygen atoms in total. The number of ether oxygens (including phenoxy) is 1. The van der Waals surface area contributed by atoms with Gasteiger partial charge < -0.3 is 20.3 Å². The molecule has 3 N–H and O–H groups in total. The molecule has 5 aromatic rings. The van der Waals surface area contributed by atoms with Crippen LogP contribution < -0.4 is 20.7 Å². The number of imide groups is 2. The first-order valence-corrected chi connectivity index (χ1v) is 22.7. The first-order chi connectivity index (χ1) is 30.8. The Morgan fingerprint density at radius 3 is 2.30 bits per heavy atom. The summed E-state index contributed by atoms with van der Waals surface area (Å²) < 4.78 is 8.14. The SMILES string of the molecule is Nc1ncnc2c1c(-c1ccc(Oc3ccccc3)cc1)nn2C1CCCN(C2CCN(CCCC3CCN(c4ccc5c(c4)C(=O)N(C4CCC(=O)NC4=O)C5=O)CC3)CC2)C1. The molecule has 0 saturated carbocycles. The summed E-state index contributed by atoms with van der Waals surface area (Å²) in [6.07, 6.45) is 10.9. The van der Waals surface area contributed by atoms with Crippen LogP contribution in [0.25, 0.3) is 22.3 Å². The molecule has 0 bridgehead atoms. The smallest absolute Gasteiger partial charge is 0.262 e. The third-order valence-corrected chi connectivity index (χ3v) is 14.0. The molecule has 5 aliphatic heterocycles. The first kappa shape index (κ1) is 40.9. The second-order valence-electron chi connectivity index (χ2n) is 17.8. The molecule has 0 aliphatic carbocycles. The molecule has 326 valence electrons. The van der Waals surface area contributed by atoms with Crippen LogP contribution in [0.15, 0.2) is 79.1 Å². The molecule has 2 aromatic heterocycles. The minimum atomic E-state index is -0.956. The fourth-order valence-corrected chi connectivity index (χ4v) is 10.5. The number of hydrogen-bond acceptors (Lipinski definition) is 12. The lowest BCUT2D eigenvalue weighted by Gasteiger charge is -2.42. The molecule has 15 heteroatoms. The number of carbonyl (C=O) groups excluding carboxylic acids is 4. The number of anilines is 2. The molecule has 5 aliphatic rings. The molecule has 4 saturated heterocycles. The second-order valence-corrected chi connectivity index (χ2v) is 17.8. The number of piperidine rings is 4. The van der Waals surface area contributed by atoms with Crippen molar-refractivity contribution in [3.63, 3.8) is 0 Å². The summed E-state index contributed by atoms with van der Waals surface area (Å²) in [4.78, 5) is 68.4. The number of nitrogens with zero attached hydrogens (tertiary/aromatic N) is 8. The molecular weight excluding hydrogens is 797 g/mol. The van der Waals surface area contributed by atoms with Gasteiger partial charge in [0.2, 0.25) is 11.8 Å². The van der Waals surface area contributed by atoms with Crippen LogP contribution in [-0.2, 0) is 9.59 Å². The molecule has 3 aromatic carbocycles. The Balaban J connectivity index is 0.691.